The van der Waals surface area contributed by atoms with Gasteiger partial charge in [-0.3, -0.25) is 4.68 Å². The minimum absolute atomic E-state index is 0.0529. The van der Waals surface area contributed by atoms with Crippen molar-refractivity contribution in [2.75, 3.05) is 20.3 Å². The summed E-state index contributed by atoms with van der Waals surface area (Å²) in [5, 5.41) is 4.13. The molecule has 0 radical (unpaired) electrons. The fourth-order valence-corrected chi connectivity index (χ4v) is 1.69. The van der Waals surface area contributed by atoms with Crippen molar-refractivity contribution in [1.29, 1.82) is 0 Å². The third-order valence-corrected chi connectivity index (χ3v) is 2.53. The van der Waals surface area contributed by atoms with Crippen molar-refractivity contribution < 1.29 is 9.47 Å². The predicted molar refractivity (Wildman–Crippen MR) is 62.4 cm³/mol. The lowest BCUT2D eigenvalue weighted by atomic mass is 10.1. The number of nitrogens with zero attached hydrogens (tertiary/aromatic N) is 2. The van der Waals surface area contributed by atoms with E-state index in [0.29, 0.717) is 0 Å². The van der Waals surface area contributed by atoms with Crippen molar-refractivity contribution in [2.45, 2.75) is 25.8 Å². The molecule has 0 aliphatic rings. The molecular weight excluding hydrogens is 206 g/mol. The second-order valence-electron chi connectivity index (χ2n) is 3.67. The fourth-order valence-electron chi connectivity index (χ4n) is 1.69. The maximum absolute atomic E-state index is 6.10. The van der Waals surface area contributed by atoms with Crippen molar-refractivity contribution in [3.63, 3.8) is 0 Å². The van der Waals surface area contributed by atoms with E-state index in [0.717, 1.165) is 37.5 Å². The quantitative estimate of drug-likeness (QED) is 0.712. The molecule has 0 aliphatic heterocycles. The van der Waals surface area contributed by atoms with Crippen molar-refractivity contribution in [2.24, 2.45) is 12.8 Å². The molecule has 0 aromatic carbocycles. The first-order valence-electron chi connectivity index (χ1n) is 5.59. The number of rotatable bonds is 7. The van der Waals surface area contributed by atoms with Crippen LogP contribution < -0.4 is 10.5 Å². The third kappa shape index (κ3) is 3.21. The van der Waals surface area contributed by atoms with Crippen LogP contribution in [0.4, 0.5) is 0 Å². The normalized spacial score (nSPS) is 12.8. The third-order valence-electron chi connectivity index (χ3n) is 2.53. The highest BCUT2D eigenvalue weighted by Gasteiger charge is 2.16. The van der Waals surface area contributed by atoms with Gasteiger partial charge in [-0.2, -0.15) is 5.10 Å². The molecule has 0 saturated carbocycles. The van der Waals surface area contributed by atoms with Crippen LogP contribution in [-0.2, 0) is 11.8 Å². The maximum Gasteiger partial charge on any atom is 0.161 e. The first-order chi connectivity index (χ1) is 7.70. The average Bonchev–Trinajstić information content (AvgIpc) is 2.65. The number of nitrogens with two attached hydrogens (primary N) is 1. The summed E-state index contributed by atoms with van der Waals surface area (Å²) in [5.41, 5.74) is 7.05. The van der Waals surface area contributed by atoms with Crippen LogP contribution in [0.3, 0.4) is 0 Å². The van der Waals surface area contributed by atoms with Crippen LogP contribution in [0, 0.1) is 0 Å². The van der Waals surface area contributed by atoms with Crippen LogP contribution in [0.1, 0.15) is 31.5 Å². The molecule has 1 rings (SSSR count). The number of aryl methyl sites for hydroxylation is 1. The van der Waals surface area contributed by atoms with E-state index >= 15 is 0 Å². The molecular formula is C11H21N3O2. The topological polar surface area (TPSA) is 62.3 Å². The predicted octanol–water partition coefficient (Wildman–Crippen LogP) is 1.25. The second-order valence-corrected chi connectivity index (χ2v) is 3.67. The summed E-state index contributed by atoms with van der Waals surface area (Å²) in [6, 6.07) is -0.0529. The molecule has 92 valence electrons. The zero-order valence-corrected chi connectivity index (χ0v) is 10.3. The van der Waals surface area contributed by atoms with Crippen LogP contribution in [0.15, 0.2) is 6.20 Å². The average molecular weight is 227 g/mol. The van der Waals surface area contributed by atoms with Gasteiger partial charge in [0.05, 0.1) is 25.0 Å². The lowest BCUT2D eigenvalue weighted by molar-refractivity contribution is 0.141. The van der Waals surface area contributed by atoms with Crippen molar-refractivity contribution in [3.05, 3.63) is 11.9 Å². The first-order valence-corrected chi connectivity index (χ1v) is 5.59. The van der Waals surface area contributed by atoms with Crippen molar-refractivity contribution in [1.82, 2.24) is 9.78 Å². The molecule has 1 unspecified atom stereocenters. The minimum Gasteiger partial charge on any atom is -0.493 e. The Kier molecular flexibility index (Phi) is 5.28. The number of methoxy groups -OCH3 is 1. The van der Waals surface area contributed by atoms with E-state index in [1.54, 1.807) is 18.0 Å². The Balaban J connectivity index is 2.51. The van der Waals surface area contributed by atoms with E-state index in [2.05, 4.69) is 5.10 Å². The molecule has 1 aromatic rings. The molecule has 1 aromatic heterocycles. The summed E-state index contributed by atoms with van der Waals surface area (Å²) >= 11 is 0. The summed E-state index contributed by atoms with van der Waals surface area (Å²) in [7, 11) is 3.51. The monoisotopic (exact) mass is 227 g/mol. The Bertz CT molecular complexity index is 312. The molecule has 1 heterocycles. The largest absolute Gasteiger partial charge is 0.493 e. The molecule has 1 atom stereocenters. The first kappa shape index (κ1) is 13.0. The summed E-state index contributed by atoms with van der Waals surface area (Å²) in [6.45, 7) is 3.50. The van der Waals surface area contributed by atoms with Gasteiger partial charge < -0.3 is 15.2 Å². The van der Waals surface area contributed by atoms with Gasteiger partial charge in [-0.05, 0) is 19.8 Å². The number of ether oxygens (including phenoxy) is 2. The summed E-state index contributed by atoms with van der Waals surface area (Å²) in [4.78, 5) is 0. The van der Waals surface area contributed by atoms with E-state index in [1.807, 2.05) is 14.0 Å². The standard InChI is InChI=1S/C11H21N3O2/c1-4-16-7-5-6-9(12)11-10(15-3)8-13-14(11)2/h8-9H,4-7,12H2,1-3H3. The molecule has 0 fully saturated rings. The highest BCUT2D eigenvalue weighted by molar-refractivity contribution is 5.27. The lowest BCUT2D eigenvalue weighted by Crippen LogP contribution is -2.16. The van der Waals surface area contributed by atoms with E-state index in [4.69, 9.17) is 15.2 Å². The molecule has 16 heavy (non-hydrogen) atoms. The Labute approximate surface area is 96.5 Å². The molecule has 0 saturated heterocycles. The van der Waals surface area contributed by atoms with Gasteiger partial charge in [0.25, 0.3) is 0 Å². The Morgan fingerprint density at radius 1 is 1.56 bits per heavy atom. The number of aromatic nitrogens is 2. The van der Waals surface area contributed by atoms with Gasteiger partial charge in [0.1, 0.15) is 0 Å². The van der Waals surface area contributed by atoms with Crippen molar-refractivity contribution in [3.8, 4) is 5.75 Å². The molecule has 2 N–H and O–H groups in total. The Hall–Kier alpha value is -1.07. The maximum atomic E-state index is 6.10. The zero-order chi connectivity index (χ0) is 12.0. The van der Waals surface area contributed by atoms with Gasteiger partial charge in [0.15, 0.2) is 5.75 Å². The molecule has 0 amide bonds. The van der Waals surface area contributed by atoms with Crippen LogP contribution >= 0.6 is 0 Å². The van der Waals surface area contributed by atoms with Crippen LogP contribution in [-0.4, -0.2) is 30.1 Å². The number of hydrogen-bond donors (Lipinski definition) is 1. The Morgan fingerprint density at radius 2 is 2.31 bits per heavy atom. The van der Waals surface area contributed by atoms with Crippen LogP contribution in [0.2, 0.25) is 0 Å². The molecule has 0 bridgehead atoms. The fraction of sp³-hybridized carbons (Fsp3) is 0.727. The van der Waals surface area contributed by atoms with E-state index in [9.17, 15) is 0 Å². The van der Waals surface area contributed by atoms with Gasteiger partial charge >= 0.3 is 0 Å². The number of hydrogen-bond acceptors (Lipinski definition) is 4. The minimum atomic E-state index is -0.0529. The summed E-state index contributed by atoms with van der Waals surface area (Å²) < 4.78 is 12.3. The Morgan fingerprint density at radius 3 is 2.94 bits per heavy atom. The lowest BCUT2D eigenvalue weighted by Gasteiger charge is -2.13. The highest BCUT2D eigenvalue weighted by atomic mass is 16.5. The zero-order valence-electron chi connectivity index (χ0n) is 10.3. The van der Waals surface area contributed by atoms with Gasteiger partial charge in [0, 0.05) is 20.3 Å². The second kappa shape index (κ2) is 6.50. The van der Waals surface area contributed by atoms with Gasteiger partial charge in [-0.1, -0.05) is 0 Å². The van der Waals surface area contributed by atoms with Crippen LogP contribution in [0.5, 0.6) is 5.75 Å². The molecule has 0 spiro atoms. The summed E-state index contributed by atoms with van der Waals surface area (Å²) in [6.07, 6.45) is 3.51. The molecule has 0 aliphatic carbocycles. The van der Waals surface area contributed by atoms with Gasteiger partial charge in [-0.15, -0.1) is 0 Å². The van der Waals surface area contributed by atoms with Gasteiger partial charge in [-0.25, -0.2) is 0 Å². The molecule has 5 heteroatoms. The van der Waals surface area contributed by atoms with E-state index < -0.39 is 0 Å². The SMILES string of the molecule is CCOCCCC(N)c1c(OC)cnn1C. The van der Waals surface area contributed by atoms with Crippen LogP contribution in [0.25, 0.3) is 0 Å². The summed E-state index contributed by atoms with van der Waals surface area (Å²) in [5.74, 6) is 0.756. The van der Waals surface area contributed by atoms with Crippen molar-refractivity contribution >= 4 is 0 Å². The smallest absolute Gasteiger partial charge is 0.161 e. The highest BCUT2D eigenvalue weighted by Crippen LogP contribution is 2.25. The van der Waals surface area contributed by atoms with E-state index in [1.165, 1.54) is 0 Å². The van der Waals surface area contributed by atoms with Gasteiger partial charge in [0.2, 0.25) is 0 Å². The molecule has 5 nitrogen and oxygen atoms in total. The van der Waals surface area contributed by atoms with E-state index in [-0.39, 0.29) is 6.04 Å².